The Morgan fingerprint density at radius 1 is 0.515 bits per heavy atom. The number of halogens is 11. The van der Waals surface area contributed by atoms with Gasteiger partial charge in [-0.3, -0.25) is 19.3 Å². The van der Waals surface area contributed by atoms with Gasteiger partial charge in [0.15, 0.2) is 6.29 Å². The molecule has 2 N–H and O–H groups in total. The van der Waals surface area contributed by atoms with Crippen LogP contribution in [0, 0.1) is 52.8 Å². The predicted octanol–water partition coefficient (Wildman–Crippen LogP) is 23.7. The average molecular weight is 1620 g/mol. The van der Waals surface area contributed by atoms with E-state index in [4.69, 9.17) is 14.2 Å². The molecule has 2 unspecified atom stereocenters. The van der Waals surface area contributed by atoms with Crippen LogP contribution < -0.4 is 14.2 Å². The lowest BCUT2D eigenvalue weighted by Crippen LogP contribution is -2.52. The Kier molecular flexibility index (Phi) is 25.7. The maximum Gasteiger partial charge on any atom is 0.420 e. The van der Waals surface area contributed by atoms with E-state index in [0.29, 0.717) is 63.8 Å². The summed E-state index contributed by atoms with van der Waals surface area (Å²) in [5, 5.41) is 23.9. The maximum absolute atomic E-state index is 15.2. The molecular formula is C83H84Br3F8NO8. The summed E-state index contributed by atoms with van der Waals surface area (Å²) >= 11 is 9.42. The summed E-state index contributed by atoms with van der Waals surface area (Å²) in [6.07, 6.45) is 14.2. The number of aryl methyl sites for hydroxylation is 1. The van der Waals surface area contributed by atoms with Crippen LogP contribution in [0.3, 0.4) is 0 Å². The third-order valence-corrected chi connectivity index (χ3v) is 22.9. The Labute approximate surface area is 620 Å². The van der Waals surface area contributed by atoms with Crippen molar-refractivity contribution in [3.8, 4) is 23.0 Å². The number of ether oxygens (including phenoxy) is 3. The van der Waals surface area contributed by atoms with Crippen LogP contribution in [0.2, 0.25) is 0 Å². The summed E-state index contributed by atoms with van der Waals surface area (Å²) in [4.78, 5) is 35.6. The van der Waals surface area contributed by atoms with Gasteiger partial charge in [0.1, 0.15) is 63.4 Å². The number of carbonyl (C=O) groups is 3. The van der Waals surface area contributed by atoms with Crippen LogP contribution in [-0.2, 0) is 35.2 Å². The van der Waals surface area contributed by atoms with Gasteiger partial charge in [-0.25, -0.2) is 22.0 Å². The first kappa shape index (κ1) is 77.0. The van der Waals surface area contributed by atoms with Crippen molar-refractivity contribution in [2.24, 2.45) is 23.7 Å². The number of phenols is 1. The highest BCUT2D eigenvalue weighted by Crippen LogP contribution is 2.45. The van der Waals surface area contributed by atoms with Gasteiger partial charge in [0, 0.05) is 37.0 Å². The second kappa shape index (κ2) is 34.4. The van der Waals surface area contributed by atoms with Gasteiger partial charge >= 0.3 is 12.1 Å². The van der Waals surface area contributed by atoms with Crippen molar-refractivity contribution < 1.29 is 73.9 Å². The first-order chi connectivity index (χ1) is 49.2. The molecule has 9 aromatic rings. The zero-order valence-corrected chi connectivity index (χ0v) is 62.5. The molecule has 9 nitrogen and oxygen atoms in total. The number of benzene rings is 9. The number of Topliss-reactive ketones (excluding diaryl/α,β-unsaturated/α-hetero) is 1. The topological polar surface area (TPSA) is 123 Å². The molecule has 9 aromatic carbocycles. The molecule has 103 heavy (non-hydrogen) atoms. The van der Waals surface area contributed by atoms with Gasteiger partial charge in [-0.1, -0.05) is 51.5 Å². The fraction of sp³-hybridized carbons (Fsp3) is 0.410. The molecule has 2 bridgehead atoms. The number of carbonyl (C=O) groups excluding carboxylic acids is 2. The van der Waals surface area contributed by atoms with E-state index in [0.717, 1.165) is 137 Å². The zero-order chi connectivity index (χ0) is 73.4. The van der Waals surface area contributed by atoms with Crippen LogP contribution in [0.4, 0.5) is 35.1 Å². The molecule has 0 aromatic heterocycles. The molecule has 5 fully saturated rings. The van der Waals surface area contributed by atoms with Crippen molar-refractivity contribution in [2.75, 3.05) is 0 Å². The summed E-state index contributed by atoms with van der Waals surface area (Å²) in [6, 6.07) is 34.3. The monoisotopic (exact) mass is 1610 g/mol. The number of piperidine rings is 2. The van der Waals surface area contributed by atoms with Gasteiger partial charge in [0.25, 0.3) is 0 Å². The third-order valence-electron chi connectivity index (χ3n) is 21.1. The number of aldehydes is 1. The quantitative estimate of drug-likeness (QED) is 0.102. The number of carboxylic acid groups (broad SMARTS) is 1. The van der Waals surface area contributed by atoms with Crippen molar-refractivity contribution in [3.63, 3.8) is 0 Å². The van der Waals surface area contributed by atoms with Crippen molar-refractivity contribution >= 4 is 109 Å². The lowest BCUT2D eigenvalue weighted by molar-refractivity contribution is -0.146. The second-order valence-electron chi connectivity index (χ2n) is 28.8. The summed E-state index contributed by atoms with van der Waals surface area (Å²) in [6.45, 7) is 6.90. The van der Waals surface area contributed by atoms with Crippen LogP contribution in [0.25, 0.3) is 43.1 Å². The molecule has 2 atom stereocenters. The molecule has 0 spiro atoms. The van der Waals surface area contributed by atoms with Crippen molar-refractivity contribution in [1.29, 1.82) is 0 Å². The Morgan fingerprint density at radius 3 is 1.50 bits per heavy atom. The number of aromatic hydroxyl groups is 1. The smallest absolute Gasteiger partial charge is 0.420 e. The van der Waals surface area contributed by atoms with E-state index in [-0.39, 0.29) is 87.5 Å². The summed E-state index contributed by atoms with van der Waals surface area (Å²) in [7, 11) is 0. The van der Waals surface area contributed by atoms with Gasteiger partial charge < -0.3 is 24.4 Å². The van der Waals surface area contributed by atoms with E-state index in [1.807, 2.05) is 36.4 Å². The minimum absolute atomic E-state index is 0.000792. The Hall–Kier alpha value is -7.13. The summed E-state index contributed by atoms with van der Waals surface area (Å²) in [5.41, 5.74) is 1.39. The van der Waals surface area contributed by atoms with Gasteiger partial charge in [-0.15, -0.1) is 0 Å². The predicted molar refractivity (Wildman–Crippen MR) is 398 cm³/mol. The van der Waals surface area contributed by atoms with E-state index in [1.165, 1.54) is 74.2 Å². The lowest BCUT2D eigenvalue weighted by Gasteiger charge is -2.48. The molecule has 2 saturated heterocycles. The minimum Gasteiger partial charge on any atom is -0.508 e. The van der Waals surface area contributed by atoms with E-state index in [2.05, 4.69) is 73.5 Å². The number of hydrogen-bond donors (Lipinski definition) is 2. The van der Waals surface area contributed by atoms with Crippen LogP contribution in [0.5, 0.6) is 23.0 Å². The fourth-order valence-electron chi connectivity index (χ4n) is 15.2. The molecule has 0 radical (unpaired) electrons. The van der Waals surface area contributed by atoms with E-state index < -0.39 is 35.3 Å². The largest absolute Gasteiger partial charge is 0.508 e. The van der Waals surface area contributed by atoms with Gasteiger partial charge in [0.05, 0.1) is 43.2 Å². The van der Waals surface area contributed by atoms with Crippen LogP contribution in [0.15, 0.2) is 141 Å². The Morgan fingerprint density at radius 2 is 0.981 bits per heavy atom. The van der Waals surface area contributed by atoms with E-state index in [1.54, 1.807) is 42.5 Å². The average Bonchev–Trinajstić information content (AvgIpc) is 0.757. The van der Waals surface area contributed by atoms with Gasteiger partial charge in [-0.2, -0.15) is 13.2 Å². The molecule has 0 amide bonds. The SMILES string of the molecule is CC1CCC(Oc2ccc3cc(F)c(Br)cc3c2)CC1.CC1CCC(Oc2ccc3cc(F)c(C=O)cc3c2)CC1.CC1CCC(Oc2ccc3cc(F)c(CN4C5CCCC4CC(C(=O)O)C5)cc3c2C(F)(F)F)CC1.O=C1CCc2cc(F)c(Br)cc2C1.Oc1ccc2cc(F)c(Br)cc2c1. The summed E-state index contributed by atoms with van der Waals surface area (Å²) in [5.74, 6) is 1.08. The zero-order valence-electron chi connectivity index (χ0n) is 57.7. The molecule has 15 rings (SSSR count). The van der Waals surface area contributed by atoms with E-state index in [9.17, 15) is 55.3 Å². The normalized spacial score (nSPS) is 22.5. The molecule has 2 aliphatic heterocycles. The number of phenolic OH excluding ortho intramolecular Hbond substituents is 1. The van der Waals surface area contributed by atoms with E-state index >= 15 is 4.39 Å². The lowest BCUT2D eigenvalue weighted by atomic mass is 9.78. The van der Waals surface area contributed by atoms with Crippen LogP contribution in [0.1, 0.15) is 169 Å². The number of hydrogen-bond acceptors (Lipinski definition) is 8. The van der Waals surface area contributed by atoms with Crippen LogP contribution >= 0.6 is 47.8 Å². The molecule has 3 saturated carbocycles. The Balaban J connectivity index is 0.000000137. The third kappa shape index (κ3) is 20.1. The molecule has 546 valence electrons. The fourth-order valence-corrected chi connectivity index (χ4v) is 16.3. The number of rotatable bonds is 10. The van der Waals surface area contributed by atoms with Crippen molar-refractivity contribution in [2.45, 2.75) is 192 Å². The number of fused-ring (bicyclic) bond motifs is 7. The molecule has 2 heterocycles. The van der Waals surface area contributed by atoms with Crippen molar-refractivity contribution in [1.82, 2.24) is 4.90 Å². The molecule has 6 aliphatic rings. The molecular weight excluding hydrogens is 1530 g/mol. The van der Waals surface area contributed by atoms with Crippen LogP contribution in [-0.4, -0.2) is 63.5 Å². The number of alkyl halides is 3. The number of aliphatic carboxylic acids is 1. The highest BCUT2D eigenvalue weighted by atomic mass is 79.9. The Bertz CT molecular complexity index is 4520. The number of carboxylic acids is 1. The standard InChI is InChI=1S/C28H33F4NO3.C18H19FO2.C17H18BrFO.C10H8BrFO.C10H6BrFO/c1-16-5-8-22(9-6-16)36-25-10-7-17-14-24(29)19(13-23(17)26(25)28(30,31)32)15-33-20-3-2-4-21(33)12-18(11-20)27(34)35;1-12-2-5-16(6-3-12)21-17-7-4-13-10-18(19)15(11-20)8-14(13)9-17;1-11-2-5-14(6-3-11)20-15-7-4-12-10-17(19)16(18)9-13(12)8-15;2*11-9-4-7-3-8(13)2-1-6(7)5-10(9)12/h7,10,13-14,16,18,20-22H,2-6,8-9,11-12,15H2,1H3,(H,34,35);4,7-12,16H,2-3,5-6H2,1H3;4,7-11,14H,2-3,5-6H2,1H3;4-5H,1-3H2;1-5,13H. The first-order valence-electron chi connectivity index (χ1n) is 35.6. The number of ketones is 1. The second-order valence-corrected chi connectivity index (χ2v) is 31.4. The number of nitrogens with zero attached hydrogens (tertiary/aromatic N) is 1. The highest BCUT2D eigenvalue weighted by Gasteiger charge is 2.42. The minimum atomic E-state index is -4.65. The first-order valence-corrected chi connectivity index (χ1v) is 38.0. The molecule has 4 aliphatic carbocycles. The van der Waals surface area contributed by atoms with Gasteiger partial charge in [-0.05, 0) is 332 Å². The maximum atomic E-state index is 15.2. The van der Waals surface area contributed by atoms with Crippen molar-refractivity contribution in [3.05, 3.63) is 198 Å². The molecule has 20 heteroatoms. The summed E-state index contributed by atoms with van der Waals surface area (Å²) < 4.78 is 131. The van der Waals surface area contributed by atoms with Gasteiger partial charge in [0.2, 0.25) is 0 Å². The highest BCUT2D eigenvalue weighted by molar-refractivity contribution is 9.11.